The van der Waals surface area contributed by atoms with Crippen LogP contribution in [0.25, 0.3) is 0 Å². The van der Waals surface area contributed by atoms with Gasteiger partial charge in [-0.25, -0.2) is 4.68 Å². The second kappa shape index (κ2) is 8.35. The first-order valence-electron chi connectivity index (χ1n) is 10.9. The summed E-state index contributed by atoms with van der Waals surface area (Å²) in [7, 11) is 4.91. The van der Waals surface area contributed by atoms with E-state index in [1.54, 1.807) is 27.5 Å². The molecule has 172 valence electrons. The lowest BCUT2D eigenvalue weighted by atomic mass is 9.88. The van der Waals surface area contributed by atoms with Gasteiger partial charge in [0.15, 0.2) is 11.5 Å². The molecule has 1 aromatic heterocycles. The Morgan fingerprint density at radius 3 is 2.48 bits per heavy atom. The number of benzene rings is 2. The lowest BCUT2D eigenvalue weighted by Gasteiger charge is -2.45. The summed E-state index contributed by atoms with van der Waals surface area (Å²) in [4.78, 5) is 15.5. The number of ether oxygens (including phenoxy) is 4. The van der Waals surface area contributed by atoms with Gasteiger partial charge >= 0.3 is 5.56 Å². The van der Waals surface area contributed by atoms with Crippen LogP contribution in [0.4, 0.5) is 5.69 Å². The fourth-order valence-corrected chi connectivity index (χ4v) is 4.80. The Labute approximate surface area is 192 Å². The van der Waals surface area contributed by atoms with Crippen molar-refractivity contribution in [3.63, 3.8) is 0 Å². The van der Waals surface area contributed by atoms with Crippen LogP contribution in [-0.2, 0) is 13.0 Å². The SMILES string of the molecule is COc1ccc(Cn2ncc3c(c2=O)OC(C)C2c4cc(OC)c(OC)cc4CCN32)cc1. The van der Waals surface area contributed by atoms with Gasteiger partial charge in [0.2, 0.25) is 5.75 Å². The Hall–Kier alpha value is -3.68. The van der Waals surface area contributed by atoms with E-state index in [0.29, 0.717) is 18.0 Å². The van der Waals surface area contributed by atoms with Crippen molar-refractivity contribution in [1.82, 2.24) is 9.78 Å². The topological polar surface area (TPSA) is 75.1 Å². The van der Waals surface area contributed by atoms with Gasteiger partial charge in [-0.05, 0) is 54.3 Å². The van der Waals surface area contributed by atoms with Crippen molar-refractivity contribution in [2.45, 2.75) is 32.0 Å². The number of nitrogens with zero attached hydrogens (tertiary/aromatic N) is 3. The van der Waals surface area contributed by atoms with E-state index < -0.39 is 0 Å². The van der Waals surface area contributed by atoms with Crippen molar-refractivity contribution in [3.8, 4) is 23.0 Å². The summed E-state index contributed by atoms with van der Waals surface area (Å²) in [6, 6.07) is 11.6. The first-order chi connectivity index (χ1) is 16.0. The van der Waals surface area contributed by atoms with Crippen LogP contribution >= 0.6 is 0 Å². The number of rotatable bonds is 5. The van der Waals surface area contributed by atoms with E-state index in [4.69, 9.17) is 18.9 Å². The highest BCUT2D eigenvalue weighted by Gasteiger charge is 2.40. The predicted octanol–water partition coefficient (Wildman–Crippen LogP) is 3.20. The average Bonchev–Trinajstić information content (AvgIpc) is 2.85. The van der Waals surface area contributed by atoms with Gasteiger partial charge in [0.25, 0.3) is 0 Å². The molecular formula is C25H27N3O5. The largest absolute Gasteiger partial charge is 0.497 e. The van der Waals surface area contributed by atoms with Crippen LogP contribution in [0.3, 0.4) is 0 Å². The third-order valence-corrected chi connectivity index (χ3v) is 6.45. The van der Waals surface area contributed by atoms with Crippen LogP contribution < -0.4 is 29.4 Å². The van der Waals surface area contributed by atoms with Gasteiger partial charge in [0.1, 0.15) is 17.5 Å². The quantitative estimate of drug-likeness (QED) is 0.592. The first-order valence-corrected chi connectivity index (χ1v) is 10.9. The van der Waals surface area contributed by atoms with Crippen molar-refractivity contribution >= 4 is 5.69 Å². The molecular weight excluding hydrogens is 422 g/mol. The molecule has 0 aliphatic carbocycles. The van der Waals surface area contributed by atoms with Crippen LogP contribution in [-0.4, -0.2) is 43.8 Å². The fourth-order valence-electron chi connectivity index (χ4n) is 4.80. The number of hydrogen-bond donors (Lipinski definition) is 0. The highest BCUT2D eigenvalue weighted by Crippen LogP contribution is 2.46. The first kappa shape index (κ1) is 21.2. The number of fused-ring (bicyclic) bond motifs is 5. The van der Waals surface area contributed by atoms with Gasteiger partial charge in [0.05, 0.1) is 40.1 Å². The van der Waals surface area contributed by atoms with E-state index in [-0.39, 0.29) is 17.7 Å². The highest BCUT2D eigenvalue weighted by molar-refractivity contribution is 5.63. The second-order valence-corrected chi connectivity index (χ2v) is 8.29. The minimum Gasteiger partial charge on any atom is -0.497 e. The molecule has 0 bridgehead atoms. The molecule has 2 aromatic carbocycles. The van der Waals surface area contributed by atoms with E-state index in [1.165, 1.54) is 10.2 Å². The molecule has 0 spiro atoms. The van der Waals surface area contributed by atoms with Crippen LogP contribution in [0.5, 0.6) is 23.0 Å². The van der Waals surface area contributed by atoms with Gasteiger partial charge in [0, 0.05) is 6.54 Å². The third kappa shape index (κ3) is 3.55. The van der Waals surface area contributed by atoms with Crippen molar-refractivity contribution in [3.05, 3.63) is 69.6 Å². The molecule has 2 atom stereocenters. The molecule has 0 radical (unpaired) electrons. The standard InChI is InChI=1S/C25H27N3O5/c1-15-23-19-12-22(32-4)21(31-3)11-17(19)9-10-27(23)20-13-26-28(25(29)24(20)33-15)14-16-5-7-18(30-2)8-6-16/h5-8,11-13,15,23H,9-10,14H2,1-4H3. The van der Waals surface area contributed by atoms with Crippen LogP contribution in [0.15, 0.2) is 47.4 Å². The van der Waals surface area contributed by atoms with E-state index in [1.807, 2.05) is 43.3 Å². The Morgan fingerprint density at radius 1 is 1.06 bits per heavy atom. The minimum atomic E-state index is -0.230. The summed E-state index contributed by atoms with van der Waals surface area (Å²) in [6.45, 7) is 3.12. The van der Waals surface area contributed by atoms with E-state index in [9.17, 15) is 4.79 Å². The van der Waals surface area contributed by atoms with Gasteiger partial charge in [-0.3, -0.25) is 4.79 Å². The van der Waals surface area contributed by atoms with Crippen molar-refractivity contribution in [1.29, 1.82) is 0 Å². The lowest BCUT2D eigenvalue weighted by Crippen LogP contribution is -2.48. The normalized spacial score (nSPS) is 18.5. The van der Waals surface area contributed by atoms with Crippen LogP contribution in [0, 0.1) is 0 Å². The summed E-state index contributed by atoms with van der Waals surface area (Å²) in [6.07, 6.45) is 2.34. The molecule has 2 aliphatic rings. The van der Waals surface area contributed by atoms with Crippen LogP contribution in [0.1, 0.15) is 29.7 Å². The maximum absolute atomic E-state index is 13.3. The molecule has 2 unspecified atom stereocenters. The average molecular weight is 450 g/mol. The molecule has 5 rings (SSSR count). The monoisotopic (exact) mass is 449 g/mol. The lowest BCUT2D eigenvalue weighted by molar-refractivity contribution is 0.160. The maximum Gasteiger partial charge on any atom is 0.311 e. The Balaban J connectivity index is 1.50. The second-order valence-electron chi connectivity index (χ2n) is 8.29. The molecule has 3 aromatic rings. The van der Waals surface area contributed by atoms with E-state index >= 15 is 0 Å². The third-order valence-electron chi connectivity index (χ3n) is 6.45. The molecule has 0 saturated heterocycles. The van der Waals surface area contributed by atoms with E-state index in [2.05, 4.69) is 10.00 Å². The predicted molar refractivity (Wildman–Crippen MR) is 124 cm³/mol. The van der Waals surface area contributed by atoms with Crippen molar-refractivity contribution < 1.29 is 18.9 Å². The van der Waals surface area contributed by atoms with Gasteiger partial charge < -0.3 is 23.8 Å². The number of anilines is 1. The minimum absolute atomic E-state index is 0.0419. The molecule has 0 fully saturated rings. The molecule has 0 saturated carbocycles. The zero-order chi connectivity index (χ0) is 23.1. The Kier molecular flexibility index (Phi) is 5.36. The van der Waals surface area contributed by atoms with E-state index in [0.717, 1.165) is 41.3 Å². The maximum atomic E-state index is 13.3. The fraction of sp³-hybridized carbons (Fsp3) is 0.360. The highest BCUT2D eigenvalue weighted by atomic mass is 16.5. The smallest absolute Gasteiger partial charge is 0.311 e. The number of methoxy groups -OCH3 is 3. The molecule has 8 nitrogen and oxygen atoms in total. The number of hydrogen-bond acceptors (Lipinski definition) is 7. The summed E-state index contributed by atoms with van der Waals surface area (Å²) in [5.74, 6) is 2.53. The van der Waals surface area contributed by atoms with Gasteiger partial charge in [-0.1, -0.05) is 12.1 Å². The summed E-state index contributed by atoms with van der Waals surface area (Å²) in [5, 5.41) is 4.47. The molecule has 3 heterocycles. The Morgan fingerprint density at radius 2 is 1.79 bits per heavy atom. The number of aromatic nitrogens is 2. The zero-order valence-electron chi connectivity index (χ0n) is 19.2. The Bertz CT molecular complexity index is 1240. The molecule has 8 heteroatoms. The summed E-state index contributed by atoms with van der Waals surface area (Å²) in [5.41, 5.74) is 3.79. The molecule has 2 aliphatic heterocycles. The van der Waals surface area contributed by atoms with Gasteiger partial charge in [-0.2, -0.15) is 5.10 Å². The molecule has 33 heavy (non-hydrogen) atoms. The molecule has 0 amide bonds. The van der Waals surface area contributed by atoms with Crippen molar-refractivity contribution in [2.24, 2.45) is 0 Å². The molecule has 0 N–H and O–H groups in total. The zero-order valence-corrected chi connectivity index (χ0v) is 19.2. The van der Waals surface area contributed by atoms with Crippen molar-refractivity contribution in [2.75, 3.05) is 32.8 Å². The summed E-state index contributed by atoms with van der Waals surface area (Å²) >= 11 is 0. The van der Waals surface area contributed by atoms with Crippen LogP contribution in [0.2, 0.25) is 0 Å². The van der Waals surface area contributed by atoms with Gasteiger partial charge in [-0.15, -0.1) is 0 Å². The summed E-state index contributed by atoms with van der Waals surface area (Å²) < 4.78 is 23.9.